The SMILES string of the molecule is C#C/C=C\c1c(C)n(-c2cc(-c3cccc(-c4ccccc4-n4c5ccccc5c5cc(C#N)ccc54)c3)ccc2C#N)c2cccc(C#N)c12. The van der Waals surface area contributed by atoms with Crippen molar-refractivity contribution in [2.24, 2.45) is 0 Å². The van der Waals surface area contributed by atoms with E-state index in [4.69, 9.17) is 6.42 Å². The number of nitriles is 3. The molecule has 0 aliphatic carbocycles. The number of hydrogen-bond acceptors (Lipinski definition) is 3. The van der Waals surface area contributed by atoms with E-state index in [1.165, 1.54) is 0 Å². The third-order valence-electron chi connectivity index (χ3n) is 9.56. The normalized spacial score (nSPS) is 11.1. The summed E-state index contributed by atoms with van der Waals surface area (Å²) < 4.78 is 4.32. The van der Waals surface area contributed by atoms with Gasteiger partial charge in [0.2, 0.25) is 0 Å². The number of nitrogens with zero attached hydrogens (tertiary/aromatic N) is 5. The van der Waals surface area contributed by atoms with Crippen molar-refractivity contribution >= 4 is 38.8 Å². The number of fused-ring (bicyclic) bond motifs is 4. The summed E-state index contributed by atoms with van der Waals surface area (Å²) in [4.78, 5) is 0. The summed E-state index contributed by atoms with van der Waals surface area (Å²) in [5.74, 6) is 2.56. The van der Waals surface area contributed by atoms with Crippen LogP contribution in [0.2, 0.25) is 0 Å². The standard InChI is InChI=1S/C46H27N5/c1-3-4-14-37-30(2)50(44-19-10-13-36(29-49)46(37)44)45-26-33(21-22-35(45)28-48)32-11-9-12-34(25-32)38-15-5-7-17-41(38)51-42-18-8-6-16-39(42)40-24-31(27-47)20-23-43(40)51/h1,4-26H,2H3/b14-4-. The van der Waals surface area contributed by atoms with Gasteiger partial charge in [-0.05, 0) is 96.4 Å². The van der Waals surface area contributed by atoms with Crippen molar-refractivity contribution in [3.63, 3.8) is 0 Å². The van der Waals surface area contributed by atoms with Gasteiger partial charge in [-0.25, -0.2) is 0 Å². The second-order valence-electron chi connectivity index (χ2n) is 12.3. The number of rotatable bonds is 5. The van der Waals surface area contributed by atoms with Crippen LogP contribution in [0.1, 0.15) is 27.9 Å². The number of hydrogen-bond donors (Lipinski definition) is 0. The van der Waals surface area contributed by atoms with Crippen molar-refractivity contribution in [1.82, 2.24) is 9.13 Å². The van der Waals surface area contributed by atoms with E-state index in [9.17, 15) is 15.8 Å². The van der Waals surface area contributed by atoms with Crippen LogP contribution in [0.15, 0.2) is 133 Å². The maximum absolute atomic E-state index is 10.3. The van der Waals surface area contributed by atoms with Gasteiger partial charge in [-0.3, -0.25) is 0 Å². The van der Waals surface area contributed by atoms with Crippen LogP contribution in [-0.4, -0.2) is 9.13 Å². The molecule has 0 radical (unpaired) electrons. The van der Waals surface area contributed by atoms with E-state index in [0.29, 0.717) is 16.7 Å². The molecule has 0 amide bonds. The number of aromatic nitrogens is 2. The van der Waals surface area contributed by atoms with E-state index < -0.39 is 0 Å². The number of para-hydroxylation sites is 2. The van der Waals surface area contributed by atoms with Crippen LogP contribution < -0.4 is 0 Å². The fraction of sp³-hybridized carbons (Fsp3) is 0.0217. The number of terminal acetylenes is 1. The van der Waals surface area contributed by atoms with E-state index >= 15 is 0 Å². The Balaban J connectivity index is 1.30. The van der Waals surface area contributed by atoms with Crippen molar-refractivity contribution in [3.05, 3.63) is 161 Å². The molecular formula is C46H27N5. The molecule has 2 heterocycles. The Hall–Kier alpha value is -7.57. The predicted molar refractivity (Wildman–Crippen MR) is 205 cm³/mol. The second kappa shape index (κ2) is 12.5. The maximum Gasteiger partial charge on any atom is 0.101 e. The first kappa shape index (κ1) is 30.7. The average Bonchev–Trinajstić information content (AvgIpc) is 3.67. The highest BCUT2D eigenvalue weighted by Crippen LogP contribution is 2.39. The quantitative estimate of drug-likeness (QED) is 0.174. The highest BCUT2D eigenvalue weighted by Gasteiger charge is 2.20. The van der Waals surface area contributed by atoms with E-state index in [-0.39, 0.29) is 0 Å². The minimum Gasteiger partial charge on any atom is -0.312 e. The second-order valence-corrected chi connectivity index (χ2v) is 12.3. The maximum atomic E-state index is 10.3. The minimum atomic E-state index is 0.515. The van der Waals surface area contributed by atoms with Gasteiger partial charge in [-0.2, -0.15) is 15.8 Å². The van der Waals surface area contributed by atoms with Crippen LogP contribution in [0.3, 0.4) is 0 Å². The molecule has 8 aromatic rings. The molecule has 0 N–H and O–H groups in total. The zero-order valence-electron chi connectivity index (χ0n) is 27.6. The monoisotopic (exact) mass is 649 g/mol. The van der Waals surface area contributed by atoms with Crippen LogP contribution in [0.5, 0.6) is 0 Å². The van der Waals surface area contributed by atoms with E-state index in [2.05, 4.69) is 83.3 Å². The lowest BCUT2D eigenvalue weighted by atomic mass is 9.96. The summed E-state index contributed by atoms with van der Waals surface area (Å²) >= 11 is 0. The summed E-state index contributed by atoms with van der Waals surface area (Å²) in [7, 11) is 0. The first-order valence-electron chi connectivity index (χ1n) is 16.4. The van der Waals surface area contributed by atoms with E-state index in [1.54, 1.807) is 12.1 Å². The molecule has 2 aromatic heterocycles. The molecule has 0 saturated heterocycles. The molecule has 0 atom stereocenters. The Bertz CT molecular complexity index is 2920. The Morgan fingerprint density at radius 1 is 0.569 bits per heavy atom. The molecule has 0 aliphatic rings. The van der Waals surface area contributed by atoms with Crippen molar-refractivity contribution in [2.75, 3.05) is 0 Å². The fourth-order valence-corrected chi connectivity index (χ4v) is 7.30. The van der Waals surface area contributed by atoms with Crippen molar-refractivity contribution < 1.29 is 0 Å². The smallest absolute Gasteiger partial charge is 0.101 e. The molecule has 51 heavy (non-hydrogen) atoms. The lowest BCUT2D eigenvalue weighted by molar-refractivity contribution is 1.04. The van der Waals surface area contributed by atoms with Gasteiger partial charge in [-0.1, -0.05) is 72.7 Å². The van der Waals surface area contributed by atoms with Gasteiger partial charge in [0.05, 0.1) is 56.8 Å². The first-order valence-corrected chi connectivity index (χ1v) is 16.4. The average molecular weight is 650 g/mol. The van der Waals surface area contributed by atoms with Gasteiger partial charge in [0.15, 0.2) is 0 Å². The fourth-order valence-electron chi connectivity index (χ4n) is 7.30. The first-order chi connectivity index (χ1) is 25.1. The van der Waals surface area contributed by atoms with E-state index in [0.717, 1.165) is 77.6 Å². The van der Waals surface area contributed by atoms with Gasteiger partial charge >= 0.3 is 0 Å². The van der Waals surface area contributed by atoms with Gasteiger partial charge in [-0.15, -0.1) is 6.42 Å². The van der Waals surface area contributed by atoms with Gasteiger partial charge in [0, 0.05) is 33.0 Å². The molecule has 5 nitrogen and oxygen atoms in total. The van der Waals surface area contributed by atoms with Gasteiger partial charge in [0.25, 0.3) is 0 Å². The minimum absolute atomic E-state index is 0.515. The van der Waals surface area contributed by atoms with Crippen LogP contribution in [-0.2, 0) is 0 Å². The lowest BCUT2D eigenvalue weighted by Crippen LogP contribution is -2.01. The van der Waals surface area contributed by atoms with Gasteiger partial charge < -0.3 is 9.13 Å². The molecule has 0 spiro atoms. The van der Waals surface area contributed by atoms with Crippen LogP contribution >= 0.6 is 0 Å². The molecule has 0 fully saturated rings. The molecule has 5 heteroatoms. The molecule has 0 unspecified atom stereocenters. The molecule has 8 rings (SSSR count). The highest BCUT2D eigenvalue weighted by molar-refractivity contribution is 6.10. The summed E-state index contributed by atoms with van der Waals surface area (Å²) in [6.45, 7) is 1.98. The molecule has 0 saturated carbocycles. The summed E-state index contributed by atoms with van der Waals surface area (Å²) in [6.07, 6.45) is 9.06. The van der Waals surface area contributed by atoms with Crippen LogP contribution in [0.25, 0.3) is 72.4 Å². The summed E-state index contributed by atoms with van der Waals surface area (Å²) in [5.41, 5.74) is 12.1. The summed E-state index contributed by atoms with van der Waals surface area (Å²) in [5, 5.41) is 32.8. The molecule has 0 aliphatic heterocycles. The topological polar surface area (TPSA) is 81.2 Å². The van der Waals surface area contributed by atoms with Crippen molar-refractivity contribution in [3.8, 4) is 64.2 Å². The lowest BCUT2D eigenvalue weighted by Gasteiger charge is -2.16. The van der Waals surface area contributed by atoms with Gasteiger partial charge in [0.1, 0.15) is 6.07 Å². The zero-order valence-corrected chi connectivity index (χ0v) is 27.6. The Morgan fingerprint density at radius 2 is 1.29 bits per heavy atom. The predicted octanol–water partition coefficient (Wildman–Crippen LogP) is 10.6. The largest absolute Gasteiger partial charge is 0.312 e. The number of allylic oxidation sites excluding steroid dienone is 1. The van der Waals surface area contributed by atoms with Crippen molar-refractivity contribution in [1.29, 1.82) is 15.8 Å². The van der Waals surface area contributed by atoms with Crippen molar-refractivity contribution in [2.45, 2.75) is 6.92 Å². The zero-order chi connectivity index (χ0) is 35.1. The molecule has 6 aromatic carbocycles. The highest BCUT2D eigenvalue weighted by atomic mass is 15.0. The third-order valence-corrected chi connectivity index (χ3v) is 9.56. The Kier molecular flexibility index (Phi) is 7.52. The molecule has 236 valence electrons. The van der Waals surface area contributed by atoms with Crippen LogP contribution in [0.4, 0.5) is 0 Å². The third kappa shape index (κ3) is 4.94. The Morgan fingerprint density at radius 3 is 2.12 bits per heavy atom. The van der Waals surface area contributed by atoms with Crippen LogP contribution in [0, 0.1) is 53.3 Å². The van der Waals surface area contributed by atoms with E-state index in [1.807, 2.05) is 84.3 Å². The summed E-state index contributed by atoms with van der Waals surface area (Å²) in [6, 6.07) is 49.5. The molecular weight excluding hydrogens is 623 g/mol. The molecule has 0 bridgehead atoms. The Labute approximate surface area is 295 Å². The number of benzene rings is 6.